The van der Waals surface area contributed by atoms with Gasteiger partial charge in [-0.3, -0.25) is 9.78 Å². The number of rotatable bonds is 7. The maximum Gasteiger partial charge on any atom is 0.262 e. The van der Waals surface area contributed by atoms with Gasteiger partial charge in [-0.1, -0.05) is 18.2 Å². The molecule has 0 aliphatic heterocycles. The van der Waals surface area contributed by atoms with E-state index in [0.717, 1.165) is 11.3 Å². The van der Waals surface area contributed by atoms with Crippen molar-refractivity contribution in [3.8, 4) is 23.0 Å². The Balaban J connectivity index is 2.02. The van der Waals surface area contributed by atoms with Crippen LogP contribution in [-0.2, 0) is 9.53 Å². The van der Waals surface area contributed by atoms with Crippen molar-refractivity contribution in [3.05, 3.63) is 72.2 Å². The molecular weight excluding hydrogens is 354 g/mol. The van der Waals surface area contributed by atoms with Crippen molar-refractivity contribution in [2.75, 3.05) is 20.3 Å². The lowest BCUT2D eigenvalue weighted by Gasteiger charge is -2.03. The number of pyridine rings is 1. The number of nitrogens with zero attached hydrogens (tertiary/aromatic N) is 4. The van der Waals surface area contributed by atoms with E-state index >= 15 is 0 Å². The third-order valence-corrected chi connectivity index (χ3v) is 3.97. The van der Waals surface area contributed by atoms with Crippen molar-refractivity contribution in [2.24, 2.45) is 0 Å². The van der Waals surface area contributed by atoms with Crippen LogP contribution in [-0.4, -0.2) is 40.9 Å². The maximum absolute atomic E-state index is 12.3. The van der Waals surface area contributed by atoms with Gasteiger partial charge in [-0.15, -0.1) is 0 Å². The Kier molecular flexibility index (Phi) is 6.29. The number of hydrogen-bond donors (Lipinski definition) is 1. The van der Waals surface area contributed by atoms with E-state index < -0.39 is 5.91 Å². The van der Waals surface area contributed by atoms with Gasteiger partial charge in [-0.25, -0.2) is 4.68 Å². The molecule has 1 N–H and O–H groups in total. The molecule has 0 aliphatic carbocycles. The van der Waals surface area contributed by atoms with E-state index in [1.165, 1.54) is 0 Å². The molecule has 0 radical (unpaired) electrons. The number of hydrogen-bond acceptors (Lipinski definition) is 5. The van der Waals surface area contributed by atoms with Gasteiger partial charge in [-0.05, 0) is 30.3 Å². The molecule has 0 atom stereocenters. The predicted octanol–water partition coefficient (Wildman–Crippen LogP) is 2.60. The Morgan fingerprint density at radius 1 is 1.25 bits per heavy atom. The zero-order valence-electron chi connectivity index (χ0n) is 15.4. The molecule has 0 spiro atoms. The highest BCUT2D eigenvalue weighted by Gasteiger charge is 2.14. The van der Waals surface area contributed by atoms with Crippen molar-refractivity contribution in [1.29, 1.82) is 5.26 Å². The first-order valence-corrected chi connectivity index (χ1v) is 8.67. The molecule has 2 heterocycles. The van der Waals surface area contributed by atoms with E-state index in [9.17, 15) is 10.1 Å². The first-order valence-electron chi connectivity index (χ1n) is 8.67. The monoisotopic (exact) mass is 373 g/mol. The van der Waals surface area contributed by atoms with Crippen LogP contribution in [0, 0.1) is 11.3 Å². The van der Waals surface area contributed by atoms with Gasteiger partial charge in [-0.2, -0.15) is 10.4 Å². The lowest BCUT2D eigenvalue weighted by atomic mass is 10.1. The van der Waals surface area contributed by atoms with Gasteiger partial charge < -0.3 is 10.1 Å². The predicted molar refractivity (Wildman–Crippen MR) is 105 cm³/mol. The van der Waals surface area contributed by atoms with Crippen LogP contribution in [0.15, 0.2) is 66.6 Å². The first-order chi connectivity index (χ1) is 13.7. The Morgan fingerprint density at radius 2 is 2.00 bits per heavy atom. The average Bonchev–Trinajstić information content (AvgIpc) is 3.17. The smallest absolute Gasteiger partial charge is 0.262 e. The number of amides is 1. The number of ether oxygens (including phenoxy) is 1. The van der Waals surface area contributed by atoms with E-state index in [4.69, 9.17) is 4.74 Å². The van der Waals surface area contributed by atoms with Crippen molar-refractivity contribution in [3.63, 3.8) is 0 Å². The number of carbonyl (C=O) groups is 1. The summed E-state index contributed by atoms with van der Waals surface area (Å²) in [6.07, 6.45) is 6.69. The van der Waals surface area contributed by atoms with E-state index in [1.54, 1.807) is 36.5 Å². The largest absolute Gasteiger partial charge is 0.383 e. The van der Waals surface area contributed by atoms with Crippen molar-refractivity contribution >= 4 is 12.0 Å². The third-order valence-electron chi connectivity index (χ3n) is 3.97. The fraction of sp³-hybridized carbons (Fsp3) is 0.143. The number of nitrogens with one attached hydrogen (secondary N) is 1. The van der Waals surface area contributed by atoms with Crippen molar-refractivity contribution < 1.29 is 9.53 Å². The lowest BCUT2D eigenvalue weighted by Crippen LogP contribution is -2.27. The molecule has 28 heavy (non-hydrogen) atoms. The van der Waals surface area contributed by atoms with Gasteiger partial charge in [0, 0.05) is 43.4 Å². The normalized spacial score (nSPS) is 11.1. The quantitative estimate of drug-likeness (QED) is 0.390. The topological polar surface area (TPSA) is 92.8 Å². The summed E-state index contributed by atoms with van der Waals surface area (Å²) in [5.41, 5.74) is 3.03. The molecule has 0 aliphatic rings. The molecule has 140 valence electrons. The van der Waals surface area contributed by atoms with Gasteiger partial charge in [0.1, 0.15) is 17.3 Å². The molecule has 0 fully saturated rings. The van der Waals surface area contributed by atoms with Gasteiger partial charge in [0.25, 0.3) is 5.91 Å². The minimum Gasteiger partial charge on any atom is -0.383 e. The third kappa shape index (κ3) is 4.50. The number of para-hydroxylation sites is 1. The molecule has 0 bridgehead atoms. The summed E-state index contributed by atoms with van der Waals surface area (Å²) in [4.78, 5) is 16.3. The highest BCUT2D eigenvalue weighted by Crippen LogP contribution is 2.25. The molecule has 0 unspecified atom stereocenters. The van der Waals surface area contributed by atoms with Gasteiger partial charge >= 0.3 is 0 Å². The standard InChI is InChI=1S/C21H19N5O2/c1-28-12-11-24-21(27)17(14-22)13-18-15-26(19-5-3-2-4-6-19)25-20(18)16-7-9-23-10-8-16/h2-10,13,15H,11-12H2,1H3,(H,24,27)/b17-13+. The van der Waals surface area contributed by atoms with Gasteiger partial charge in [0.15, 0.2) is 0 Å². The molecule has 7 nitrogen and oxygen atoms in total. The Morgan fingerprint density at radius 3 is 2.68 bits per heavy atom. The number of methoxy groups -OCH3 is 1. The van der Waals surface area contributed by atoms with Crippen LogP contribution < -0.4 is 5.32 Å². The van der Waals surface area contributed by atoms with Crippen LogP contribution in [0.25, 0.3) is 23.0 Å². The Labute approximate surface area is 162 Å². The second kappa shape index (κ2) is 9.26. The Hall–Kier alpha value is -3.76. The SMILES string of the molecule is COCCNC(=O)/C(C#N)=C/c1cn(-c2ccccc2)nc1-c1ccncc1. The summed E-state index contributed by atoms with van der Waals surface area (Å²) >= 11 is 0. The average molecular weight is 373 g/mol. The second-order valence-corrected chi connectivity index (χ2v) is 5.87. The summed E-state index contributed by atoms with van der Waals surface area (Å²) in [5, 5.41) is 16.8. The molecule has 0 saturated heterocycles. The van der Waals surface area contributed by atoms with Crippen LogP contribution in [0.4, 0.5) is 0 Å². The van der Waals surface area contributed by atoms with E-state index in [2.05, 4.69) is 15.4 Å². The number of nitriles is 1. The fourth-order valence-corrected chi connectivity index (χ4v) is 2.61. The summed E-state index contributed by atoms with van der Waals surface area (Å²) in [6.45, 7) is 0.702. The van der Waals surface area contributed by atoms with Crippen LogP contribution in [0.2, 0.25) is 0 Å². The summed E-state index contributed by atoms with van der Waals surface area (Å²) < 4.78 is 6.64. The minimum atomic E-state index is -0.451. The van der Waals surface area contributed by atoms with E-state index in [1.807, 2.05) is 48.5 Å². The van der Waals surface area contributed by atoms with Crippen LogP contribution in [0.3, 0.4) is 0 Å². The summed E-state index contributed by atoms with van der Waals surface area (Å²) in [6, 6.07) is 15.3. The van der Waals surface area contributed by atoms with Gasteiger partial charge in [0.2, 0.25) is 0 Å². The summed E-state index contributed by atoms with van der Waals surface area (Å²) in [7, 11) is 1.55. The molecule has 1 amide bonds. The zero-order chi connectivity index (χ0) is 19.8. The molecule has 3 rings (SSSR count). The minimum absolute atomic E-state index is 0.000907. The molecule has 0 saturated carbocycles. The van der Waals surface area contributed by atoms with E-state index in [-0.39, 0.29) is 5.57 Å². The Bertz CT molecular complexity index is 1000. The molecule has 7 heteroatoms. The van der Waals surface area contributed by atoms with Gasteiger partial charge in [0.05, 0.1) is 12.3 Å². The highest BCUT2D eigenvalue weighted by atomic mass is 16.5. The van der Waals surface area contributed by atoms with Crippen molar-refractivity contribution in [1.82, 2.24) is 20.1 Å². The number of aromatic nitrogens is 3. The molecule has 3 aromatic rings. The lowest BCUT2D eigenvalue weighted by molar-refractivity contribution is -0.117. The first kappa shape index (κ1) is 19.0. The van der Waals surface area contributed by atoms with Crippen molar-refractivity contribution in [2.45, 2.75) is 0 Å². The highest BCUT2D eigenvalue weighted by molar-refractivity contribution is 6.02. The molecule has 1 aromatic carbocycles. The molecule has 2 aromatic heterocycles. The fourth-order valence-electron chi connectivity index (χ4n) is 2.61. The number of benzene rings is 1. The summed E-state index contributed by atoms with van der Waals surface area (Å²) in [5.74, 6) is -0.451. The maximum atomic E-state index is 12.3. The van der Waals surface area contributed by atoms with Crippen LogP contribution >= 0.6 is 0 Å². The molecular formula is C21H19N5O2. The second-order valence-electron chi connectivity index (χ2n) is 5.87. The zero-order valence-corrected chi connectivity index (χ0v) is 15.4. The van der Waals surface area contributed by atoms with E-state index in [0.29, 0.717) is 24.4 Å². The van der Waals surface area contributed by atoms with Crippen LogP contribution in [0.1, 0.15) is 5.56 Å². The number of carbonyl (C=O) groups excluding carboxylic acids is 1. The van der Waals surface area contributed by atoms with Crippen LogP contribution in [0.5, 0.6) is 0 Å².